The summed E-state index contributed by atoms with van der Waals surface area (Å²) in [5, 5.41) is 2.81. The molecule has 0 aliphatic heterocycles. The number of anilines is 1. The summed E-state index contributed by atoms with van der Waals surface area (Å²) in [7, 11) is 1.50. The minimum atomic E-state index is -3.36. The maximum Gasteiger partial charge on any atom is 0.282 e. The van der Waals surface area contributed by atoms with Gasteiger partial charge in [0.2, 0.25) is 0 Å². The van der Waals surface area contributed by atoms with Crippen LogP contribution in [-0.4, -0.2) is 15.0 Å². The highest BCUT2D eigenvalue weighted by atomic mass is 31.0. The van der Waals surface area contributed by atoms with E-state index in [0.717, 1.165) is 22.2 Å². The van der Waals surface area contributed by atoms with E-state index < -0.39 is 23.1 Å². The predicted octanol–water partition coefficient (Wildman–Crippen LogP) is 5.43. The van der Waals surface area contributed by atoms with Gasteiger partial charge in [-0.3, -0.25) is 9.20 Å². The number of hydrogen-bond acceptors (Lipinski definition) is 3. The van der Waals surface area contributed by atoms with Gasteiger partial charge in [0.15, 0.2) is 0 Å². The summed E-state index contributed by atoms with van der Waals surface area (Å²) in [5.41, 5.74) is -1.91. The molecule has 2 unspecified atom stereocenters. The number of pyridine rings is 1. The number of aromatic nitrogens is 2. The summed E-state index contributed by atoms with van der Waals surface area (Å²) >= 11 is 0. The van der Waals surface area contributed by atoms with Gasteiger partial charge in [-0.1, -0.05) is 57.8 Å². The Morgan fingerprint density at radius 2 is 1.74 bits per heavy atom. The standard InChI is InChI=1S/C23H19F3N3OP/c1-14-7-5-6-10-18(14)27-21(23(25,26)31)17-11-16(24)13-29-20(30)12-19(28-22(17)29)15-8-3-2-4-9-15/h2-13,21,27H,31H2,1H3. The van der Waals surface area contributed by atoms with Crippen LogP contribution in [0.1, 0.15) is 17.2 Å². The second kappa shape index (κ2) is 8.16. The predicted molar refractivity (Wildman–Crippen MR) is 119 cm³/mol. The van der Waals surface area contributed by atoms with E-state index in [-0.39, 0.29) is 11.2 Å². The number of benzene rings is 2. The summed E-state index contributed by atoms with van der Waals surface area (Å²) < 4.78 is 44.8. The zero-order valence-electron chi connectivity index (χ0n) is 16.5. The molecule has 0 radical (unpaired) electrons. The van der Waals surface area contributed by atoms with E-state index in [9.17, 15) is 18.0 Å². The lowest BCUT2D eigenvalue weighted by atomic mass is 10.1. The average Bonchev–Trinajstić information content (AvgIpc) is 2.73. The first-order valence-electron chi connectivity index (χ1n) is 9.51. The van der Waals surface area contributed by atoms with Crippen LogP contribution in [0.15, 0.2) is 77.7 Å². The Morgan fingerprint density at radius 3 is 2.42 bits per heavy atom. The van der Waals surface area contributed by atoms with Gasteiger partial charge in [-0.05, 0) is 24.6 Å². The Balaban J connectivity index is 1.96. The molecule has 2 atom stereocenters. The molecule has 31 heavy (non-hydrogen) atoms. The molecule has 0 bridgehead atoms. The number of halogens is 3. The molecule has 8 heteroatoms. The summed E-state index contributed by atoms with van der Waals surface area (Å²) in [4.78, 5) is 17.2. The molecule has 4 aromatic rings. The van der Waals surface area contributed by atoms with Gasteiger partial charge in [0.05, 0.1) is 5.69 Å². The largest absolute Gasteiger partial charge is 0.372 e. The van der Waals surface area contributed by atoms with Crippen molar-refractivity contribution >= 4 is 20.6 Å². The molecule has 0 saturated heterocycles. The minimum Gasteiger partial charge on any atom is -0.372 e. The highest BCUT2D eigenvalue weighted by Gasteiger charge is 2.38. The van der Waals surface area contributed by atoms with Gasteiger partial charge in [-0.2, -0.15) is 8.78 Å². The number of nitrogens with zero attached hydrogens (tertiary/aromatic N) is 2. The number of aryl methyl sites for hydroxylation is 1. The Labute approximate surface area is 179 Å². The highest BCUT2D eigenvalue weighted by Crippen LogP contribution is 2.41. The first-order chi connectivity index (χ1) is 14.7. The topological polar surface area (TPSA) is 46.4 Å². The molecule has 0 aliphatic carbocycles. The number of rotatable bonds is 5. The van der Waals surface area contributed by atoms with Crippen molar-refractivity contribution in [2.24, 2.45) is 0 Å². The fourth-order valence-corrected chi connectivity index (χ4v) is 3.70. The molecule has 0 aliphatic rings. The quantitative estimate of drug-likeness (QED) is 0.420. The lowest BCUT2D eigenvalue weighted by molar-refractivity contribution is 0.0815. The zero-order valence-corrected chi connectivity index (χ0v) is 17.7. The fraction of sp³-hybridized carbons (Fsp3) is 0.130. The van der Waals surface area contributed by atoms with Gasteiger partial charge in [-0.25, -0.2) is 9.37 Å². The molecule has 0 amide bonds. The normalized spacial score (nSPS) is 12.7. The number of hydrogen-bond donors (Lipinski definition) is 1. The first kappa shape index (κ1) is 21.1. The van der Waals surface area contributed by atoms with Gasteiger partial charge < -0.3 is 5.32 Å². The van der Waals surface area contributed by atoms with Crippen LogP contribution in [0.25, 0.3) is 16.9 Å². The smallest absolute Gasteiger partial charge is 0.282 e. The molecule has 0 spiro atoms. The van der Waals surface area contributed by atoms with Gasteiger partial charge in [0.1, 0.15) is 17.5 Å². The summed E-state index contributed by atoms with van der Waals surface area (Å²) in [6.07, 6.45) is 0.953. The van der Waals surface area contributed by atoms with Crippen molar-refractivity contribution in [1.82, 2.24) is 9.38 Å². The molecule has 2 aromatic carbocycles. The molecule has 4 rings (SSSR count). The molecule has 2 aromatic heterocycles. The van der Waals surface area contributed by atoms with Crippen LogP contribution < -0.4 is 10.9 Å². The van der Waals surface area contributed by atoms with Crippen LogP contribution in [0.3, 0.4) is 0 Å². The molecule has 2 heterocycles. The van der Waals surface area contributed by atoms with E-state index in [4.69, 9.17) is 0 Å². The van der Waals surface area contributed by atoms with Crippen molar-refractivity contribution in [2.75, 3.05) is 5.32 Å². The Hall–Kier alpha value is -3.18. The van der Waals surface area contributed by atoms with Crippen LogP contribution in [-0.2, 0) is 0 Å². The first-order valence-corrected chi connectivity index (χ1v) is 10.1. The lowest BCUT2D eigenvalue weighted by Crippen LogP contribution is -2.29. The van der Waals surface area contributed by atoms with Gasteiger partial charge >= 0.3 is 0 Å². The molecule has 1 N–H and O–H groups in total. The second-order valence-electron chi connectivity index (χ2n) is 7.22. The lowest BCUT2D eigenvalue weighted by Gasteiger charge is -2.27. The molecular formula is C23H19F3N3OP. The number of nitrogens with one attached hydrogen (secondary N) is 1. The van der Waals surface area contributed by atoms with Crippen LogP contribution in [0.2, 0.25) is 0 Å². The zero-order chi connectivity index (χ0) is 22.2. The average molecular weight is 441 g/mol. The van der Waals surface area contributed by atoms with Crippen molar-refractivity contribution in [3.63, 3.8) is 0 Å². The number of fused-ring (bicyclic) bond motifs is 1. The second-order valence-corrected chi connectivity index (χ2v) is 7.99. The van der Waals surface area contributed by atoms with Gasteiger partial charge in [-0.15, -0.1) is 0 Å². The van der Waals surface area contributed by atoms with Crippen molar-refractivity contribution in [1.29, 1.82) is 0 Å². The van der Waals surface area contributed by atoms with Crippen LogP contribution >= 0.6 is 9.24 Å². The van der Waals surface area contributed by atoms with E-state index in [1.54, 1.807) is 55.5 Å². The van der Waals surface area contributed by atoms with Gasteiger partial charge in [0.25, 0.3) is 11.2 Å². The van der Waals surface area contributed by atoms with E-state index >= 15 is 0 Å². The highest BCUT2D eigenvalue weighted by molar-refractivity contribution is 7.18. The number of alkyl halides is 2. The Bertz CT molecular complexity index is 1300. The third-order valence-corrected chi connectivity index (χ3v) is 5.30. The van der Waals surface area contributed by atoms with E-state index in [1.165, 1.54) is 15.3 Å². The van der Waals surface area contributed by atoms with Crippen molar-refractivity contribution in [3.8, 4) is 11.3 Å². The van der Waals surface area contributed by atoms with Crippen molar-refractivity contribution in [3.05, 3.63) is 100 Å². The van der Waals surface area contributed by atoms with Crippen LogP contribution in [0.5, 0.6) is 0 Å². The molecule has 4 nitrogen and oxygen atoms in total. The monoisotopic (exact) mass is 441 g/mol. The summed E-state index contributed by atoms with van der Waals surface area (Å²) in [6.45, 7) is 1.78. The number of para-hydroxylation sites is 1. The van der Waals surface area contributed by atoms with Crippen molar-refractivity contribution in [2.45, 2.75) is 18.6 Å². The molecule has 0 fully saturated rings. The van der Waals surface area contributed by atoms with E-state index in [2.05, 4.69) is 10.3 Å². The third-order valence-electron chi connectivity index (χ3n) is 4.97. The maximum atomic E-state index is 14.7. The third kappa shape index (κ3) is 4.32. The summed E-state index contributed by atoms with van der Waals surface area (Å²) in [5.74, 6) is -0.815. The van der Waals surface area contributed by atoms with E-state index in [1.807, 2.05) is 6.07 Å². The Morgan fingerprint density at radius 1 is 1.06 bits per heavy atom. The fourth-order valence-electron chi connectivity index (χ4n) is 3.43. The van der Waals surface area contributed by atoms with Crippen LogP contribution in [0.4, 0.5) is 18.9 Å². The Kier molecular flexibility index (Phi) is 5.54. The van der Waals surface area contributed by atoms with Gasteiger partial charge in [0, 0.05) is 29.1 Å². The summed E-state index contributed by atoms with van der Waals surface area (Å²) in [6, 6.07) is 16.4. The maximum absolute atomic E-state index is 14.7. The molecule has 158 valence electrons. The SMILES string of the molecule is Cc1ccccc1NC(c1cc(F)cn2c(=O)cc(-c3ccccc3)nc12)C(F)(F)P. The minimum absolute atomic E-state index is 0.0408. The van der Waals surface area contributed by atoms with E-state index in [0.29, 0.717) is 16.9 Å². The van der Waals surface area contributed by atoms with Crippen molar-refractivity contribution < 1.29 is 13.2 Å². The molecular weight excluding hydrogens is 422 g/mol. The molecule has 0 saturated carbocycles. The van der Waals surface area contributed by atoms with Crippen LogP contribution in [0, 0.1) is 12.7 Å².